The highest BCUT2D eigenvalue weighted by atomic mass is 32.1. The SMILES string of the molecule is N#CC1(C#N)[C@@H](c2cccs2)CC(=O)C[C@H]1c1ccccc1. The molecule has 108 valence electrons. The lowest BCUT2D eigenvalue weighted by Crippen LogP contribution is -2.39. The number of Topliss-reactive ketones (excluding diaryl/α,β-unsaturated/α-hetero) is 1. The van der Waals surface area contributed by atoms with E-state index in [0.717, 1.165) is 10.4 Å². The summed E-state index contributed by atoms with van der Waals surface area (Å²) in [6.07, 6.45) is 0.526. The van der Waals surface area contributed by atoms with Gasteiger partial charge in [-0.3, -0.25) is 4.79 Å². The van der Waals surface area contributed by atoms with Crippen LogP contribution in [0, 0.1) is 28.1 Å². The molecule has 1 fully saturated rings. The van der Waals surface area contributed by atoms with E-state index in [-0.39, 0.29) is 30.5 Å². The van der Waals surface area contributed by atoms with Gasteiger partial charge in [0.15, 0.2) is 5.41 Å². The van der Waals surface area contributed by atoms with Crippen LogP contribution in [0.3, 0.4) is 0 Å². The molecule has 0 spiro atoms. The fourth-order valence-corrected chi connectivity index (χ4v) is 4.23. The van der Waals surface area contributed by atoms with Gasteiger partial charge < -0.3 is 0 Å². The Kier molecular flexibility index (Phi) is 3.79. The molecule has 0 radical (unpaired) electrons. The van der Waals surface area contributed by atoms with E-state index in [1.54, 1.807) is 0 Å². The minimum Gasteiger partial charge on any atom is -0.300 e. The average molecular weight is 306 g/mol. The van der Waals surface area contributed by atoms with Gasteiger partial charge in [0.05, 0.1) is 12.1 Å². The summed E-state index contributed by atoms with van der Waals surface area (Å²) >= 11 is 1.51. The molecular formula is C18H14N2OS. The summed E-state index contributed by atoms with van der Waals surface area (Å²) < 4.78 is 0. The summed E-state index contributed by atoms with van der Waals surface area (Å²) in [6.45, 7) is 0. The van der Waals surface area contributed by atoms with Crippen molar-refractivity contribution in [3.05, 3.63) is 58.3 Å². The van der Waals surface area contributed by atoms with E-state index in [1.165, 1.54) is 11.3 Å². The Balaban J connectivity index is 2.15. The third kappa shape index (κ3) is 2.22. The number of carbonyl (C=O) groups is 1. The molecule has 0 unspecified atom stereocenters. The molecule has 0 N–H and O–H groups in total. The molecule has 1 aliphatic carbocycles. The van der Waals surface area contributed by atoms with Crippen molar-refractivity contribution in [3.63, 3.8) is 0 Å². The molecule has 0 saturated heterocycles. The third-order valence-electron chi connectivity index (χ3n) is 4.42. The van der Waals surface area contributed by atoms with Gasteiger partial charge in [-0.1, -0.05) is 36.4 Å². The normalized spacial score (nSPS) is 23.5. The lowest BCUT2D eigenvalue weighted by atomic mass is 9.59. The van der Waals surface area contributed by atoms with Crippen LogP contribution in [-0.2, 0) is 4.79 Å². The maximum atomic E-state index is 12.3. The van der Waals surface area contributed by atoms with Crippen LogP contribution in [0.2, 0.25) is 0 Å². The van der Waals surface area contributed by atoms with Crippen molar-refractivity contribution in [2.24, 2.45) is 5.41 Å². The summed E-state index contributed by atoms with van der Waals surface area (Å²) in [7, 11) is 0. The summed E-state index contributed by atoms with van der Waals surface area (Å²) in [5.41, 5.74) is -0.305. The Morgan fingerprint density at radius 2 is 1.68 bits per heavy atom. The number of carbonyl (C=O) groups excluding carboxylic acids is 1. The zero-order valence-electron chi connectivity index (χ0n) is 11.9. The Hall–Kier alpha value is -2.43. The van der Waals surface area contributed by atoms with Crippen LogP contribution in [-0.4, -0.2) is 5.78 Å². The number of hydrogen-bond acceptors (Lipinski definition) is 4. The van der Waals surface area contributed by atoms with E-state index in [9.17, 15) is 15.3 Å². The summed E-state index contributed by atoms with van der Waals surface area (Å²) in [4.78, 5) is 13.2. The van der Waals surface area contributed by atoms with Crippen molar-refractivity contribution in [2.45, 2.75) is 24.7 Å². The zero-order valence-corrected chi connectivity index (χ0v) is 12.7. The van der Waals surface area contributed by atoms with Crippen LogP contribution in [0.25, 0.3) is 0 Å². The number of ketones is 1. The lowest BCUT2D eigenvalue weighted by molar-refractivity contribution is -0.122. The van der Waals surface area contributed by atoms with Crippen molar-refractivity contribution >= 4 is 17.1 Å². The van der Waals surface area contributed by atoms with Gasteiger partial charge >= 0.3 is 0 Å². The molecule has 1 saturated carbocycles. The molecule has 0 aliphatic heterocycles. The Morgan fingerprint density at radius 1 is 1.00 bits per heavy atom. The monoisotopic (exact) mass is 306 g/mol. The van der Waals surface area contributed by atoms with E-state index in [0.29, 0.717) is 0 Å². The number of benzene rings is 1. The highest BCUT2D eigenvalue weighted by molar-refractivity contribution is 7.10. The van der Waals surface area contributed by atoms with Crippen LogP contribution >= 0.6 is 11.3 Å². The Bertz CT molecular complexity index is 739. The van der Waals surface area contributed by atoms with Gasteiger partial charge in [-0.05, 0) is 17.0 Å². The number of hydrogen-bond donors (Lipinski definition) is 0. The van der Waals surface area contributed by atoms with Gasteiger partial charge in [-0.25, -0.2) is 0 Å². The molecule has 1 heterocycles. The maximum absolute atomic E-state index is 12.3. The summed E-state index contributed by atoms with van der Waals surface area (Å²) in [5, 5.41) is 21.6. The number of nitrogens with zero attached hydrogens (tertiary/aromatic N) is 2. The van der Waals surface area contributed by atoms with Crippen LogP contribution in [0.5, 0.6) is 0 Å². The average Bonchev–Trinajstić information content (AvgIpc) is 3.09. The lowest BCUT2D eigenvalue weighted by Gasteiger charge is -2.39. The van der Waals surface area contributed by atoms with Gasteiger partial charge in [0, 0.05) is 29.6 Å². The number of nitriles is 2. The van der Waals surface area contributed by atoms with E-state index >= 15 is 0 Å². The molecule has 22 heavy (non-hydrogen) atoms. The van der Waals surface area contributed by atoms with E-state index in [1.807, 2.05) is 47.8 Å². The quantitative estimate of drug-likeness (QED) is 0.842. The molecule has 2 atom stereocenters. The van der Waals surface area contributed by atoms with E-state index in [4.69, 9.17) is 0 Å². The molecule has 1 aromatic carbocycles. The molecule has 0 bridgehead atoms. The molecule has 1 aliphatic rings. The first-order valence-electron chi connectivity index (χ1n) is 7.14. The molecule has 2 aromatic rings. The minimum atomic E-state index is -1.19. The number of thiophene rings is 1. The first-order chi connectivity index (χ1) is 10.7. The molecule has 0 amide bonds. The highest BCUT2D eigenvalue weighted by Gasteiger charge is 2.52. The van der Waals surface area contributed by atoms with Crippen molar-refractivity contribution in [1.29, 1.82) is 10.5 Å². The predicted molar refractivity (Wildman–Crippen MR) is 84.1 cm³/mol. The second kappa shape index (κ2) is 5.75. The minimum absolute atomic E-state index is 0.119. The first kappa shape index (κ1) is 14.5. The van der Waals surface area contributed by atoms with Crippen molar-refractivity contribution in [2.75, 3.05) is 0 Å². The predicted octanol–water partition coefficient (Wildman–Crippen LogP) is 4.01. The Labute approximate surface area is 133 Å². The molecule has 3 rings (SSSR count). The zero-order chi connectivity index (χ0) is 15.6. The fraction of sp³-hybridized carbons (Fsp3) is 0.278. The van der Waals surface area contributed by atoms with Crippen LogP contribution < -0.4 is 0 Å². The first-order valence-corrected chi connectivity index (χ1v) is 8.02. The van der Waals surface area contributed by atoms with Gasteiger partial charge in [-0.15, -0.1) is 11.3 Å². The molecule has 1 aromatic heterocycles. The van der Waals surface area contributed by atoms with Crippen molar-refractivity contribution < 1.29 is 4.79 Å². The van der Waals surface area contributed by atoms with E-state index < -0.39 is 5.41 Å². The second-order valence-corrected chi connectivity index (χ2v) is 6.55. The van der Waals surface area contributed by atoms with Crippen LogP contribution in [0.15, 0.2) is 47.8 Å². The molecule has 3 nitrogen and oxygen atoms in total. The van der Waals surface area contributed by atoms with Crippen molar-refractivity contribution in [1.82, 2.24) is 0 Å². The van der Waals surface area contributed by atoms with Gasteiger partial charge in [0.25, 0.3) is 0 Å². The number of rotatable bonds is 2. The van der Waals surface area contributed by atoms with Gasteiger partial charge in [0.1, 0.15) is 5.78 Å². The topological polar surface area (TPSA) is 64.7 Å². The van der Waals surface area contributed by atoms with Crippen molar-refractivity contribution in [3.8, 4) is 12.1 Å². The third-order valence-corrected chi connectivity index (χ3v) is 5.41. The fourth-order valence-electron chi connectivity index (χ4n) is 3.32. The summed E-state index contributed by atoms with van der Waals surface area (Å²) in [5.74, 6) is -0.612. The molecular weight excluding hydrogens is 292 g/mol. The van der Waals surface area contributed by atoms with E-state index in [2.05, 4.69) is 12.1 Å². The Morgan fingerprint density at radius 3 is 2.27 bits per heavy atom. The summed E-state index contributed by atoms with van der Waals surface area (Å²) in [6, 6.07) is 17.8. The van der Waals surface area contributed by atoms with Gasteiger partial charge in [-0.2, -0.15) is 10.5 Å². The molecule has 4 heteroatoms. The largest absolute Gasteiger partial charge is 0.300 e. The standard InChI is InChI=1S/C18H14N2OS/c19-11-18(12-20)15(13-5-2-1-3-6-13)9-14(21)10-16(18)17-7-4-8-22-17/h1-8,15-16H,9-10H2/t15-,16+/m0/s1. The van der Waals surface area contributed by atoms with Crippen LogP contribution in [0.1, 0.15) is 35.1 Å². The smallest absolute Gasteiger partial charge is 0.159 e. The second-order valence-electron chi connectivity index (χ2n) is 5.57. The highest BCUT2D eigenvalue weighted by Crippen LogP contribution is 2.54. The van der Waals surface area contributed by atoms with Gasteiger partial charge in [0.2, 0.25) is 0 Å². The maximum Gasteiger partial charge on any atom is 0.159 e. The van der Waals surface area contributed by atoms with Crippen LogP contribution in [0.4, 0.5) is 0 Å².